The monoisotopic (exact) mass is 294 g/mol. The fourth-order valence-electron chi connectivity index (χ4n) is 2.58. The van der Waals surface area contributed by atoms with Gasteiger partial charge in [-0.25, -0.2) is 4.79 Å². The minimum atomic E-state index is -0.614. The number of rotatable bonds is 5. The molecular weight excluding hydrogens is 272 g/mol. The van der Waals surface area contributed by atoms with Crippen molar-refractivity contribution in [3.63, 3.8) is 0 Å². The molecule has 7 nitrogen and oxygen atoms in total. The summed E-state index contributed by atoms with van der Waals surface area (Å²) in [5.74, 6) is -0.885. The number of nitrogens with two attached hydrogens (primary N) is 1. The largest absolute Gasteiger partial charge is 0.451 e. The normalized spacial score (nSPS) is 15.1. The smallest absolute Gasteiger partial charge is 0.359 e. The standard InChI is InChI=1S/C14H22N4O3/c1-3-18-13(12(15)9(2)17-18)14(20)21-8-11(19)16-10-6-4-5-7-10/h10H,3-8,15H2,1-2H3,(H,16,19). The summed E-state index contributed by atoms with van der Waals surface area (Å²) >= 11 is 0. The lowest BCUT2D eigenvalue weighted by Gasteiger charge is -2.12. The predicted molar refractivity (Wildman–Crippen MR) is 77.7 cm³/mol. The molecule has 1 aromatic rings. The average molecular weight is 294 g/mol. The summed E-state index contributed by atoms with van der Waals surface area (Å²) in [5, 5.41) is 7.01. The summed E-state index contributed by atoms with van der Waals surface area (Å²) in [5.41, 5.74) is 6.93. The Bertz CT molecular complexity index is 533. The molecule has 0 unspecified atom stereocenters. The summed E-state index contributed by atoms with van der Waals surface area (Å²) in [7, 11) is 0. The van der Waals surface area contributed by atoms with E-state index in [1.54, 1.807) is 6.92 Å². The summed E-state index contributed by atoms with van der Waals surface area (Å²) in [6.45, 7) is 3.81. The molecule has 1 heterocycles. The number of hydrogen-bond donors (Lipinski definition) is 2. The number of esters is 1. The first-order chi connectivity index (χ1) is 10.0. The van der Waals surface area contributed by atoms with Gasteiger partial charge in [0.1, 0.15) is 0 Å². The van der Waals surface area contributed by atoms with Crippen molar-refractivity contribution in [3.05, 3.63) is 11.4 Å². The van der Waals surface area contributed by atoms with Gasteiger partial charge in [0.15, 0.2) is 12.3 Å². The van der Waals surface area contributed by atoms with Crippen molar-refractivity contribution in [3.8, 4) is 0 Å². The van der Waals surface area contributed by atoms with Crippen LogP contribution in [-0.2, 0) is 16.1 Å². The van der Waals surface area contributed by atoms with Crippen molar-refractivity contribution in [2.45, 2.75) is 52.1 Å². The molecule has 1 fully saturated rings. The van der Waals surface area contributed by atoms with Gasteiger partial charge in [0.2, 0.25) is 0 Å². The van der Waals surface area contributed by atoms with Crippen molar-refractivity contribution in [2.24, 2.45) is 0 Å². The van der Waals surface area contributed by atoms with Crippen LogP contribution in [0, 0.1) is 6.92 Å². The Morgan fingerprint density at radius 3 is 2.71 bits per heavy atom. The van der Waals surface area contributed by atoms with E-state index in [1.807, 2.05) is 6.92 Å². The van der Waals surface area contributed by atoms with Gasteiger partial charge in [0.25, 0.3) is 5.91 Å². The SMILES string of the molecule is CCn1nc(C)c(N)c1C(=O)OCC(=O)NC1CCCC1. The van der Waals surface area contributed by atoms with Crippen LogP contribution in [0.2, 0.25) is 0 Å². The van der Waals surface area contributed by atoms with Crippen molar-refractivity contribution in [1.29, 1.82) is 0 Å². The Morgan fingerprint density at radius 1 is 1.43 bits per heavy atom. The molecule has 3 N–H and O–H groups in total. The Balaban J connectivity index is 1.91. The molecule has 116 valence electrons. The van der Waals surface area contributed by atoms with Gasteiger partial charge in [-0.3, -0.25) is 9.48 Å². The lowest BCUT2D eigenvalue weighted by Crippen LogP contribution is -2.36. The number of carbonyl (C=O) groups is 2. The van der Waals surface area contributed by atoms with Gasteiger partial charge in [-0.05, 0) is 26.7 Å². The van der Waals surface area contributed by atoms with Crippen LogP contribution in [0.5, 0.6) is 0 Å². The van der Waals surface area contributed by atoms with Crippen LogP contribution in [0.3, 0.4) is 0 Å². The van der Waals surface area contributed by atoms with Gasteiger partial charge in [-0.2, -0.15) is 5.10 Å². The van der Waals surface area contributed by atoms with Crippen LogP contribution >= 0.6 is 0 Å². The van der Waals surface area contributed by atoms with Crippen molar-refractivity contribution in [2.75, 3.05) is 12.3 Å². The second kappa shape index (κ2) is 6.60. The van der Waals surface area contributed by atoms with Crippen molar-refractivity contribution in [1.82, 2.24) is 15.1 Å². The van der Waals surface area contributed by atoms with Crippen LogP contribution in [0.15, 0.2) is 0 Å². The number of hydrogen-bond acceptors (Lipinski definition) is 5. The van der Waals surface area contributed by atoms with E-state index < -0.39 is 5.97 Å². The molecule has 0 bridgehead atoms. The molecule has 0 atom stereocenters. The Kier molecular flexibility index (Phi) is 4.82. The molecule has 2 rings (SSSR count). The summed E-state index contributed by atoms with van der Waals surface area (Å²) in [6.07, 6.45) is 4.26. The zero-order valence-electron chi connectivity index (χ0n) is 12.5. The van der Waals surface area contributed by atoms with Gasteiger partial charge >= 0.3 is 5.97 Å². The van der Waals surface area contributed by atoms with Crippen LogP contribution in [0.4, 0.5) is 5.69 Å². The van der Waals surface area contributed by atoms with E-state index in [2.05, 4.69) is 10.4 Å². The Hall–Kier alpha value is -2.05. The van der Waals surface area contributed by atoms with Crippen molar-refractivity contribution >= 4 is 17.6 Å². The molecule has 0 aliphatic heterocycles. The average Bonchev–Trinajstić information content (AvgIpc) is 3.05. The fourth-order valence-corrected chi connectivity index (χ4v) is 2.58. The van der Waals surface area contributed by atoms with E-state index in [1.165, 1.54) is 4.68 Å². The maximum Gasteiger partial charge on any atom is 0.359 e. The van der Waals surface area contributed by atoms with Gasteiger partial charge in [-0.1, -0.05) is 12.8 Å². The maximum absolute atomic E-state index is 12.1. The summed E-state index contributed by atoms with van der Waals surface area (Å²) < 4.78 is 6.53. The van der Waals surface area contributed by atoms with Gasteiger partial charge in [0, 0.05) is 12.6 Å². The van der Waals surface area contributed by atoms with E-state index in [4.69, 9.17) is 10.5 Å². The van der Waals surface area contributed by atoms with Crippen LogP contribution in [0.25, 0.3) is 0 Å². The topological polar surface area (TPSA) is 99.2 Å². The Labute approximate surface area is 123 Å². The van der Waals surface area contributed by atoms with Gasteiger partial charge in [-0.15, -0.1) is 0 Å². The molecule has 0 spiro atoms. The molecule has 1 aliphatic rings. The number of ether oxygens (including phenoxy) is 1. The molecule has 1 aromatic heterocycles. The molecule has 1 saturated carbocycles. The molecule has 0 aromatic carbocycles. The first kappa shape index (κ1) is 15.3. The quantitative estimate of drug-likeness (QED) is 0.790. The van der Waals surface area contributed by atoms with Gasteiger partial charge in [0.05, 0.1) is 11.4 Å². The van der Waals surface area contributed by atoms with E-state index in [0.717, 1.165) is 25.7 Å². The highest BCUT2D eigenvalue weighted by Gasteiger charge is 2.22. The van der Waals surface area contributed by atoms with Crippen LogP contribution in [0.1, 0.15) is 48.8 Å². The molecular formula is C14H22N4O3. The third-order valence-corrected chi connectivity index (χ3v) is 3.72. The van der Waals surface area contributed by atoms with Crippen LogP contribution in [-0.4, -0.2) is 34.3 Å². The molecule has 0 saturated heterocycles. The second-order valence-corrected chi connectivity index (χ2v) is 5.29. The third kappa shape index (κ3) is 3.53. The van der Waals surface area contributed by atoms with Crippen molar-refractivity contribution < 1.29 is 14.3 Å². The number of aromatic nitrogens is 2. The zero-order chi connectivity index (χ0) is 15.4. The second-order valence-electron chi connectivity index (χ2n) is 5.29. The lowest BCUT2D eigenvalue weighted by molar-refractivity contribution is -0.124. The lowest BCUT2D eigenvalue weighted by atomic mass is 10.2. The minimum absolute atomic E-state index is 0.212. The molecule has 1 aliphatic carbocycles. The number of nitrogens with zero attached hydrogens (tertiary/aromatic N) is 2. The Morgan fingerprint density at radius 2 is 2.10 bits per heavy atom. The first-order valence-electron chi connectivity index (χ1n) is 7.32. The molecule has 0 radical (unpaired) electrons. The molecule has 1 amide bonds. The van der Waals surface area contributed by atoms with E-state index in [9.17, 15) is 9.59 Å². The first-order valence-corrected chi connectivity index (χ1v) is 7.32. The minimum Gasteiger partial charge on any atom is -0.451 e. The van der Waals surface area contributed by atoms with E-state index in [0.29, 0.717) is 17.9 Å². The number of anilines is 1. The maximum atomic E-state index is 12.1. The zero-order valence-corrected chi connectivity index (χ0v) is 12.5. The highest BCUT2D eigenvalue weighted by atomic mass is 16.5. The number of amides is 1. The predicted octanol–water partition coefficient (Wildman–Crippen LogP) is 1.01. The van der Waals surface area contributed by atoms with E-state index in [-0.39, 0.29) is 24.2 Å². The van der Waals surface area contributed by atoms with Crippen LogP contribution < -0.4 is 11.1 Å². The number of nitrogens with one attached hydrogen (secondary N) is 1. The number of aryl methyl sites for hydroxylation is 2. The van der Waals surface area contributed by atoms with Gasteiger partial charge < -0.3 is 15.8 Å². The highest BCUT2D eigenvalue weighted by Crippen LogP contribution is 2.18. The van der Waals surface area contributed by atoms with E-state index >= 15 is 0 Å². The molecule has 7 heteroatoms. The molecule has 21 heavy (non-hydrogen) atoms. The third-order valence-electron chi connectivity index (χ3n) is 3.72. The fraction of sp³-hybridized carbons (Fsp3) is 0.643. The number of carbonyl (C=O) groups excluding carboxylic acids is 2. The highest BCUT2D eigenvalue weighted by molar-refractivity contribution is 5.95. The number of nitrogen functional groups attached to an aromatic ring is 1. The summed E-state index contributed by atoms with van der Waals surface area (Å²) in [6, 6.07) is 0.213. The summed E-state index contributed by atoms with van der Waals surface area (Å²) in [4.78, 5) is 23.8.